The summed E-state index contributed by atoms with van der Waals surface area (Å²) in [4.78, 5) is 12.6. The minimum absolute atomic E-state index is 0.146. The number of sulfonamides is 1. The van der Waals surface area contributed by atoms with Gasteiger partial charge in [0.1, 0.15) is 5.75 Å². The third-order valence-electron chi connectivity index (χ3n) is 4.86. The summed E-state index contributed by atoms with van der Waals surface area (Å²) in [5.74, 6) is 0.420. The topological polar surface area (TPSA) is 75.7 Å². The van der Waals surface area contributed by atoms with Gasteiger partial charge in [-0.25, -0.2) is 8.42 Å². The number of hydrogen-bond donors (Lipinski definition) is 1. The van der Waals surface area contributed by atoms with Crippen molar-refractivity contribution in [3.8, 4) is 5.75 Å². The predicted molar refractivity (Wildman–Crippen MR) is 109 cm³/mol. The monoisotopic (exact) mass is 402 g/mol. The van der Waals surface area contributed by atoms with Crippen molar-refractivity contribution in [3.05, 3.63) is 54.1 Å². The van der Waals surface area contributed by atoms with Crippen LogP contribution in [0.5, 0.6) is 5.75 Å². The van der Waals surface area contributed by atoms with E-state index in [0.717, 1.165) is 31.2 Å². The number of anilines is 1. The first-order valence-electron chi connectivity index (χ1n) is 9.52. The van der Waals surface area contributed by atoms with Crippen molar-refractivity contribution in [2.24, 2.45) is 0 Å². The highest BCUT2D eigenvalue weighted by Gasteiger charge is 2.25. The minimum atomic E-state index is -3.55. The van der Waals surface area contributed by atoms with Crippen LogP contribution >= 0.6 is 0 Å². The van der Waals surface area contributed by atoms with Crippen LogP contribution < -0.4 is 10.1 Å². The van der Waals surface area contributed by atoms with Crippen molar-refractivity contribution in [3.63, 3.8) is 0 Å². The fourth-order valence-electron chi connectivity index (χ4n) is 3.39. The van der Waals surface area contributed by atoms with E-state index in [-0.39, 0.29) is 17.2 Å². The number of amides is 1. The smallest absolute Gasteiger partial charge is 0.243 e. The van der Waals surface area contributed by atoms with Gasteiger partial charge in [-0.3, -0.25) is 4.79 Å². The predicted octanol–water partition coefficient (Wildman–Crippen LogP) is 3.44. The molecular weight excluding hydrogens is 376 g/mol. The van der Waals surface area contributed by atoms with E-state index in [0.29, 0.717) is 24.5 Å². The van der Waals surface area contributed by atoms with Gasteiger partial charge in [0, 0.05) is 24.3 Å². The van der Waals surface area contributed by atoms with Crippen LogP contribution in [0.2, 0.25) is 0 Å². The molecule has 6 nitrogen and oxygen atoms in total. The van der Waals surface area contributed by atoms with E-state index in [2.05, 4.69) is 5.32 Å². The molecule has 1 fully saturated rings. The van der Waals surface area contributed by atoms with Crippen LogP contribution in [-0.4, -0.2) is 38.8 Å². The van der Waals surface area contributed by atoms with E-state index in [9.17, 15) is 13.2 Å². The van der Waals surface area contributed by atoms with E-state index in [4.69, 9.17) is 4.74 Å². The molecule has 2 aromatic carbocycles. The molecule has 1 N–H and O–H groups in total. The fourth-order valence-corrected chi connectivity index (χ4v) is 4.96. The summed E-state index contributed by atoms with van der Waals surface area (Å²) >= 11 is 0. The molecule has 28 heavy (non-hydrogen) atoms. The largest absolute Gasteiger partial charge is 0.496 e. The van der Waals surface area contributed by atoms with Gasteiger partial charge in [0.15, 0.2) is 0 Å². The van der Waals surface area contributed by atoms with Crippen LogP contribution in [0.1, 0.15) is 31.2 Å². The van der Waals surface area contributed by atoms with Gasteiger partial charge in [0.05, 0.1) is 18.4 Å². The number of benzene rings is 2. The molecule has 2 aromatic rings. The molecule has 1 aliphatic heterocycles. The van der Waals surface area contributed by atoms with Crippen molar-refractivity contribution in [2.45, 2.75) is 37.0 Å². The van der Waals surface area contributed by atoms with E-state index < -0.39 is 10.0 Å². The molecule has 3 rings (SSSR count). The molecule has 1 amide bonds. The lowest BCUT2D eigenvalue weighted by atomic mass is 10.1. The van der Waals surface area contributed by atoms with Crippen molar-refractivity contribution in [1.29, 1.82) is 0 Å². The number of ether oxygens (including phenoxy) is 1. The summed E-state index contributed by atoms with van der Waals surface area (Å²) in [5.41, 5.74) is 1.24. The maximum Gasteiger partial charge on any atom is 0.243 e. The van der Waals surface area contributed by atoms with Crippen molar-refractivity contribution in [2.75, 3.05) is 25.5 Å². The summed E-state index contributed by atoms with van der Waals surface area (Å²) in [6.07, 6.45) is 4.03. The van der Waals surface area contributed by atoms with Crippen LogP contribution in [-0.2, 0) is 21.2 Å². The summed E-state index contributed by atoms with van der Waals surface area (Å²) in [6.45, 7) is 1.10. The number of rotatable bonds is 6. The Balaban J connectivity index is 1.73. The minimum Gasteiger partial charge on any atom is -0.496 e. The number of para-hydroxylation sites is 1. The average Bonchev–Trinajstić information content (AvgIpc) is 2.98. The second-order valence-corrected chi connectivity index (χ2v) is 8.82. The highest BCUT2D eigenvalue weighted by atomic mass is 32.2. The zero-order valence-corrected chi connectivity index (χ0v) is 16.9. The molecule has 0 unspecified atom stereocenters. The van der Waals surface area contributed by atoms with E-state index in [1.54, 1.807) is 35.7 Å². The van der Waals surface area contributed by atoms with Crippen molar-refractivity contribution >= 4 is 21.6 Å². The maximum absolute atomic E-state index is 12.9. The van der Waals surface area contributed by atoms with Gasteiger partial charge in [0.25, 0.3) is 0 Å². The molecule has 0 aromatic heterocycles. The third kappa shape index (κ3) is 4.91. The van der Waals surface area contributed by atoms with Crippen molar-refractivity contribution < 1.29 is 17.9 Å². The number of hydrogen-bond acceptors (Lipinski definition) is 4. The first-order chi connectivity index (χ1) is 13.5. The quantitative estimate of drug-likeness (QED) is 0.803. The second kappa shape index (κ2) is 9.21. The molecule has 0 saturated carbocycles. The molecular formula is C21H26N2O4S. The van der Waals surface area contributed by atoms with Gasteiger partial charge >= 0.3 is 0 Å². The lowest BCUT2D eigenvalue weighted by Gasteiger charge is -2.20. The summed E-state index contributed by atoms with van der Waals surface area (Å²) in [7, 11) is -1.99. The first-order valence-corrected chi connectivity index (χ1v) is 11.0. The molecule has 0 radical (unpaired) electrons. The van der Waals surface area contributed by atoms with Gasteiger partial charge in [-0.05, 0) is 37.1 Å². The zero-order chi connectivity index (χ0) is 20.0. The lowest BCUT2D eigenvalue weighted by Crippen LogP contribution is -2.32. The Morgan fingerprint density at radius 1 is 1.04 bits per heavy atom. The normalized spacial score (nSPS) is 15.6. The Hall–Kier alpha value is -2.38. The van der Waals surface area contributed by atoms with Gasteiger partial charge < -0.3 is 10.1 Å². The van der Waals surface area contributed by atoms with Gasteiger partial charge in [0.2, 0.25) is 15.9 Å². The SMILES string of the molecule is COc1ccccc1CC(=O)Nc1cccc(S(=O)(=O)N2CCCCCC2)c1. The second-order valence-electron chi connectivity index (χ2n) is 6.88. The molecule has 1 heterocycles. The number of nitrogens with zero attached hydrogens (tertiary/aromatic N) is 1. The Kier molecular flexibility index (Phi) is 6.70. The molecule has 150 valence electrons. The van der Waals surface area contributed by atoms with Gasteiger partial charge in [-0.2, -0.15) is 4.31 Å². The van der Waals surface area contributed by atoms with Gasteiger partial charge in [-0.1, -0.05) is 37.1 Å². The zero-order valence-electron chi connectivity index (χ0n) is 16.1. The highest BCUT2D eigenvalue weighted by molar-refractivity contribution is 7.89. The standard InChI is InChI=1S/C21H26N2O4S/c1-27-20-12-5-4-9-17(20)15-21(24)22-18-10-8-11-19(16-18)28(25,26)23-13-6-2-3-7-14-23/h4-5,8-12,16H,2-3,6-7,13-15H2,1H3,(H,22,24). The first kappa shape index (κ1) is 20.4. The van der Waals surface area contributed by atoms with Crippen LogP contribution in [0.15, 0.2) is 53.4 Å². The molecule has 0 spiro atoms. The average molecular weight is 403 g/mol. The number of methoxy groups -OCH3 is 1. The molecule has 7 heteroatoms. The number of carbonyl (C=O) groups is 1. The lowest BCUT2D eigenvalue weighted by molar-refractivity contribution is -0.115. The summed E-state index contributed by atoms with van der Waals surface area (Å²) in [5, 5.41) is 2.79. The Bertz CT molecular complexity index is 920. The molecule has 0 aliphatic carbocycles. The van der Waals surface area contributed by atoms with Crippen LogP contribution in [0.4, 0.5) is 5.69 Å². The Morgan fingerprint density at radius 2 is 1.75 bits per heavy atom. The fraction of sp³-hybridized carbons (Fsp3) is 0.381. The van der Waals surface area contributed by atoms with Crippen LogP contribution in [0, 0.1) is 0 Å². The van der Waals surface area contributed by atoms with Gasteiger partial charge in [-0.15, -0.1) is 0 Å². The van der Waals surface area contributed by atoms with Crippen LogP contribution in [0.25, 0.3) is 0 Å². The third-order valence-corrected chi connectivity index (χ3v) is 6.76. The van der Waals surface area contributed by atoms with E-state index >= 15 is 0 Å². The summed E-state index contributed by atoms with van der Waals surface area (Å²) < 4.78 is 32.7. The van der Waals surface area contributed by atoms with Crippen LogP contribution in [0.3, 0.4) is 0 Å². The Labute approximate surface area is 166 Å². The molecule has 1 aliphatic rings. The van der Waals surface area contributed by atoms with E-state index in [1.165, 1.54) is 6.07 Å². The number of carbonyl (C=O) groups excluding carboxylic acids is 1. The van der Waals surface area contributed by atoms with E-state index in [1.807, 2.05) is 18.2 Å². The molecule has 1 saturated heterocycles. The molecule has 0 bridgehead atoms. The molecule has 0 atom stereocenters. The number of nitrogens with one attached hydrogen (secondary N) is 1. The maximum atomic E-state index is 12.9. The summed E-state index contributed by atoms with van der Waals surface area (Å²) in [6, 6.07) is 13.8. The Morgan fingerprint density at radius 3 is 2.46 bits per heavy atom. The van der Waals surface area contributed by atoms with Crippen molar-refractivity contribution in [1.82, 2.24) is 4.31 Å². The highest BCUT2D eigenvalue weighted by Crippen LogP contribution is 2.23.